The van der Waals surface area contributed by atoms with E-state index in [1.54, 1.807) is 12.1 Å². The van der Waals surface area contributed by atoms with Crippen molar-refractivity contribution in [3.8, 4) is 0 Å². The van der Waals surface area contributed by atoms with Crippen molar-refractivity contribution in [2.45, 2.75) is 32.7 Å². The summed E-state index contributed by atoms with van der Waals surface area (Å²) in [4.78, 5) is 38.9. The van der Waals surface area contributed by atoms with Gasteiger partial charge in [-0.15, -0.1) is 0 Å². The van der Waals surface area contributed by atoms with E-state index in [1.807, 2.05) is 24.3 Å². The number of anilines is 1. The molecule has 1 atom stereocenters. The van der Waals surface area contributed by atoms with Crippen LogP contribution in [-0.4, -0.2) is 40.9 Å². The third kappa shape index (κ3) is 3.15. The van der Waals surface area contributed by atoms with Gasteiger partial charge in [-0.3, -0.25) is 14.5 Å². The summed E-state index contributed by atoms with van der Waals surface area (Å²) in [6, 6.07) is 13.5. The fourth-order valence-electron chi connectivity index (χ4n) is 4.94. The number of rotatable bonds is 3. The van der Waals surface area contributed by atoms with Crippen LogP contribution < -0.4 is 5.32 Å². The summed E-state index contributed by atoms with van der Waals surface area (Å²) >= 11 is 0. The SMILES string of the molecule is COC(=O)c1ccc([C@H]2C3=C(CN(C(C)=O)C3=O)Nc3cccc4c3c2cn4C(C)C)cc1. The highest BCUT2D eigenvalue weighted by atomic mass is 16.5. The summed E-state index contributed by atoms with van der Waals surface area (Å²) in [5.74, 6) is -1.37. The maximum absolute atomic E-state index is 13.5. The van der Waals surface area contributed by atoms with Crippen LogP contribution >= 0.6 is 0 Å². The van der Waals surface area contributed by atoms with Crippen molar-refractivity contribution in [2.24, 2.45) is 0 Å². The molecule has 2 aliphatic rings. The summed E-state index contributed by atoms with van der Waals surface area (Å²) in [6.07, 6.45) is 2.11. The predicted octanol–water partition coefficient (Wildman–Crippen LogP) is 4.21. The van der Waals surface area contributed by atoms with Crippen LogP contribution in [0.15, 0.2) is 59.9 Å². The van der Waals surface area contributed by atoms with Crippen molar-refractivity contribution in [1.29, 1.82) is 0 Å². The molecule has 0 bridgehead atoms. The normalized spacial score (nSPS) is 17.3. The zero-order valence-corrected chi connectivity index (χ0v) is 19.0. The van der Waals surface area contributed by atoms with Gasteiger partial charge in [0.1, 0.15) is 0 Å². The molecule has 33 heavy (non-hydrogen) atoms. The molecule has 5 rings (SSSR count). The third-order valence-corrected chi connectivity index (χ3v) is 6.49. The Bertz CT molecular complexity index is 1350. The average molecular weight is 444 g/mol. The van der Waals surface area contributed by atoms with Gasteiger partial charge in [0.25, 0.3) is 5.91 Å². The topological polar surface area (TPSA) is 80.6 Å². The summed E-state index contributed by atoms with van der Waals surface area (Å²) in [7, 11) is 1.35. The Morgan fingerprint density at radius 1 is 1.12 bits per heavy atom. The Morgan fingerprint density at radius 2 is 1.85 bits per heavy atom. The van der Waals surface area contributed by atoms with Crippen molar-refractivity contribution in [3.63, 3.8) is 0 Å². The zero-order valence-electron chi connectivity index (χ0n) is 19.0. The van der Waals surface area contributed by atoms with E-state index in [0.29, 0.717) is 11.1 Å². The first-order valence-electron chi connectivity index (χ1n) is 11.0. The highest BCUT2D eigenvalue weighted by molar-refractivity contribution is 6.11. The molecule has 2 aliphatic heterocycles. The lowest BCUT2D eigenvalue weighted by atomic mass is 9.84. The van der Waals surface area contributed by atoms with E-state index >= 15 is 0 Å². The molecule has 0 fully saturated rings. The molecule has 2 amide bonds. The molecule has 168 valence electrons. The molecule has 3 aromatic rings. The quantitative estimate of drug-likeness (QED) is 0.614. The molecule has 0 aliphatic carbocycles. The van der Waals surface area contributed by atoms with E-state index in [-0.39, 0.29) is 30.3 Å². The zero-order chi connectivity index (χ0) is 23.4. The van der Waals surface area contributed by atoms with Crippen molar-refractivity contribution in [2.75, 3.05) is 19.0 Å². The Labute approximate surface area is 191 Å². The van der Waals surface area contributed by atoms with Crippen LogP contribution in [0.4, 0.5) is 5.69 Å². The van der Waals surface area contributed by atoms with E-state index in [1.165, 1.54) is 18.9 Å². The molecule has 0 radical (unpaired) electrons. The van der Waals surface area contributed by atoms with Gasteiger partial charge in [0.2, 0.25) is 5.91 Å². The lowest BCUT2D eigenvalue weighted by molar-refractivity contribution is -0.139. The van der Waals surface area contributed by atoms with Gasteiger partial charge in [0, 0.05) is 41.9 Å². The van der Waals surface area contributed by atoms with E-state index in [2.05, 4.69) is 36.0 Å². The van der Waals surface area contributed by atoms with E-state index in [9.17, 15) is 14.4 Å². The number of hydrogen-bond acceptors (Lipinski definition) is 5. The highest BCUT2D eigenvalue weighted by Gasteiger charge is 2.41. The monoisotopic (exact) mass is 443 g/mol. The van der Waals surface area contributed by atoms with Gasteiger partial charge in [0.05, 0.1) is 30.3 Å². The van der Waals surface area contributed by atoms with Crippen molar-refractivity contribution < 1.29 is 19.1 Å². The number of hydrogen-bond donors (Lipinski definition) is 1. The number of imide groups is 1. The first-order chi connectivity index (χ1) is 15.8. The van der Waals surface area contributed by atoms with Crippen molar-refractivity contribution >= 4 is 34.4 Å². The number of amides is 2. The molecule has 7 nitrogen and oxygen atoms in total. The van der Waals surface area contributed by atoms with Gasteiger partial charge in [-0.2, -0.15) is 0 Å². The van der Waals surface area contributed by atoms with Crippen molar-refractivity contribution in [3.05, 3.63) is 76.6 Å². The molecule has 0 saturated heterocycles. The molecule has 2 aromatic carbocycles. The number of aromatic nitrogens is 1. The Hall–Kier alpha value is -3.87. The number of nitrogens with one attached hydrogen (secondary N) is 1. The minimum absolute atomic E-state index is 0.213. The molecule has 3 heterocycles. The largest absolute Gasteiger partial charge is 0.465 e. The fourth-order valence-corrected chi connectivity index (χ4v) is 4.94. The summed E-state index contributed by atoms with van der Waals surface area (Å²) < 4.78 is 7.04. The molecular weight excluding hydrogens is 418 g/mol. The maximum atomic E-state index is 13.5. The van der Waals surface area contributed by atoms with Gasteiger partial charge >= 0.3 is 5.97 Å². The van der Waals surface area contributed by atoms with Crippen LogP contribution in [0.3, 0.4) is 0 Å². The molecule has 0 saturated carbocycles. The Kier molecular flexibility index (Phi) is 4.85. The minimum atomic E-state index is -0.414. The standard InChI is InChI=1S/C26H25N3O4/c1-14(2)28-12-18-22(16-8-10-17(11-9-16)26(32)33-4)24-20(13-29(15(3)30)25(24)31)27-19-6-5-7-21(28)23(18)19/h5-12,14,22,27H,13H2,1-4H3/t22-/m1/s1. The van der Waals surface area contributed by atoms with Crippen molar-refractivity contribution in [1.82, 2.24) is 9.47 Å². The second-order valence-corrected chi connectivity index (χ2v) is 8.76. The van der Waals surface area contributed by atoms with E-state index in [0.717, 1.165) is 33.4 Å². The number of benzene rings is 2. The summed E-state index contributed by atoms with van der Waals surface area (Å²) in [6.45, 7) is 5.87. The van der Waals surface area contributed by atoms with Gasteiger partial charge < -0.3 is 14.6 Å². The third-order valence-electron chi connectivity index (χ3n) is 6.49. The fraction of sp³-hybridized carbons (Fsp3) is 0.269. The number of carbonyl (C=O) groups is 3. The predicted molar refractivity (Wildman–Crippen MR) is 125 cm³/mol. The van der Waals surface area contributed by atoms with Gasteiger partial charge in [-0.1, -0.05) is 18.2 Å². The first kappa shape index (κ1) is 21.0. The molecule has 1 aromatic heterocycles. The van der Waals surface area contributed by atoms with Crippen LogP contribution in [0.5, 0.6) is 0 Å². The number of nitrogens with zero attached hydrogens (tertiary/aromatic N) is 2. The summed E-state index contributed by atoms with van der Waals surface area (Å²) in [5.41, 5.74) is 5.61. The minimum Gasteiger partial charge on any atom is -0.465 e. The van der Waals surface area contributed by atoms with Gasteiger partial charge in [-0.05, 0) is 49.2 Å². The maximum Gasteiger partial charge on any atom is 0.337 e. The second-order valence-electron chi connectivity index (χ2n) is 8.76. The van der Waals surface area contributed by atoms with E-state index < -0.39 is 5.97 Å². The van der Waals surface area contributed by atoms with Crippen LogP contribution in [-0.2, 0) is 14.3 Å². The number of ether oxygens (including phenoxy) is 1. The van der Waals surface area contributed by atoms with Crippen LogP contribution in [0.2, 0.25) is 0 Å². The highest BCUT2D eigenvalue weighted by Crippen LogP contribution is 2.46. The second kappa shape index (κ2) is 7.62. The van der Waals surface area contributed by atoms with Gasteiger partial charge in [0.15, 0.2) is 0 Å². The lowest BCUT2D eigenvalue weighted by Crippen LogP contribution is -2.33. The smallest absolute Gasteiger partial charge is 0.337 e. The molecule has 1 N–H and O–H groups in total. The average Bonchev–Trinajstić information content (AvgIpc) is 3.29. The number of carbonyl (C=O) groups excluding carboxylic acids is 3. The van der Waals surface area contributed by atoms with Gasteiger partial charge in [-0.25, -0.2) is 4.79 Å². The Balaban J connectivity index is 1.77. The van der Waals surface area contributed by atoms with E-state index in [4.69, 9.17) is 4.74 Å². The first-order valence-corrected chi connectivity index (χ1v) is 11.0. The molecular formula is C26H25N3O4. The Morgan fingerprint density at radius 3 is 2.48 bits per heavy atom. The van der Waals surface area contributed by atoms with Crippen LogP contribution in [0.1, 0.15) is 54.2 Å². The van der Waals surface area contributed by atoms with Crippen LogP contribution in [0.25, 0.3) is 10.9 Å². The summed E-state index contributed by atoms with van der Waals surface area (Å²) in [5, 5.41) is 4.53. The molecule has 0 unspecified atom stereocenters. The lowest BCUT2D eigenvalue weighted by Gasteiger charge is -2.19. The molecule has 7 heteroatoms. The molecule has 0 spiro atoms. The van der Waals surface area contributed by atoms with Crippen LogP contribution in [0, 0.1) is 0 Å². The number of esters is 1. The number of methoxy groups -OCH3 is 1.